The molecule has 1 atom stereocenters. The highest BCUT2D eigenvalue weighted by atomic mass is 16.3. The maximum Gasteiger partial charge on any atom is 0.140 e. The molecule has 0 bridgehead atoms. The van der Waals surface area contributed by atoms with E-state index < -0.39 is 5.41 Å². The first-order chi connectivity index (χ1) is 24.3. The number of furan rings is 1. The van der Waals surface area contributed by atoms with Crippen molar-refractivity contribution in [3.63, 3.8) is 0 Å². The molecule has 0 amide bonds. The highest BCUT2D eigenvalue weighted by molar-refractivity contribution is 6.03. The fourth-order valence-electron chi connectivity index (χ4n) is 8.80. The molecule has 0 radical (unpaired) electrons. The molecular weight excluding hydrogens is 595 g/mol. The van der Waals surface area contributed by atoms with Gasteiger partial charge in [-0.15, -0.1) is 0 Å². The second kappa shape index (κ2) is 9.82. The molecule has 0 fully saturated rings. The van der Waals surface area contributed by atoms with E-state index >= 15 is 0 Å². The van der Waals surface area contributed by atoms with Gasteiger partial charge < -0.3 is 9.32 Å². The van der Waals surface area contributed by atoms with E-state index in [1.807, 2.05) is 0 Å². The van der Waals surface area contributed by atoms with Crippen molar-refractivity contribution < 1.29 is 4.42 Å². The van der Waals surface area contributed by atoms with Gasteiger partial charge in [-0.05, 0) is 91.8 Å². The molecule has 11 rings (SSSR count). The number of para-hydroxylation sites is 1. The number of anilines is 3. The molecule has 1 spiro atoms. The molecule has 0 aliphatic heterocycles. The highest BCUT2D eigenvalue weighted by Gasteiger charge is 2.54. The van der Waals surface area contributed by atoms with Crippen LogP contribution in [0.4, 0.5) is 17.1 Å². The smallest absolute Gasteiger partial charge is 0.140 e. The van der Waals surface area contributed by atoms with Crippen LogP contribution >= 0.6 is 0 Å². The van der Waals surface area contributed by atoms with Gasteiger partial charge in [-0.3, -0.25) is 0 Å². The quantitative estimate of drug-likeness (QED) is 0.195. The van der Waals surface area contributed by atoms with E-state index in [1.54, 1.807) is 0 Å². The summed E-state index contributed by atoms with van der Waals surface area (Å²) in [7, 11) is 0. The minimum absolute atomic E-state index is 0.515. The van der Waals surface area contributed by atoms with Gasteiger partial charge in [-0.2, -0.15) is 0 Å². The lowest BCUT2D eigenvalue weighted by atomic mass is 9.70. The molecule has 0 N–H and O–H groups in total. The number of nitrogens with zero attached hydrogens (tertiary/aromatic N) is 1. The fourth-order valence-corrected chi connectivity index (χ4v) is 8.80. The van der Waals surface area contributed by atoms with Gasteiger partial charge in [0.2, 0.25) is 0 Å². The lowest BCUT2D eigenvalue weighted by Crippen LogP contribution is -2.26. The molecule has 0 saturated carbocycles. The maximum absolute atomic E-state index is 6.74. The van der Waals surface area contributed by atoms with Crippen LogP contribution < -0.4 is 4.90 Å². The Balaban J connectivity index is 1.23. The lowest BCUT2D eigenvalue weighted by Gasteiger charge is -2.32. The first-order valence-electron chi connectivity index (χ1n) is 16.9. The van der Waals surface area contributed by atoms with Gasteiger partial charge in [0, 0.05) is 33.6 Å². The van der Waals surface area contributed by atoms with Gasteiger partial charge in [0.25, 0.3) is 0 Å². The summed E-state index contributed by atoms with van der Waals surface area (Å²) < 4.78 is 6.74. The van der Waals surface area contributed by atoms with E-state index in [-0.39, 0.29) is 0 Å². The Kier molecular flexibility index (Phi) is 5.34. The number of hydrogen-bond donors (Lipinski definition) is 0. The zero-order chi connectivity index (χ0) is 32.1. The molecule has 8 aromatic carbocycles. The molecule has 49 heavy (non-hydrogen) atoms. The molecule has 1 unspecified atom stereocenters. The minimum Gasteiger partial charge on any atom is -0.456 e. The third-order valence-corrected chi connectivity index (χ3v) is 10.8. The topological polar surface area (TPSA) is 16.4 Å². The summed E-state index contributed by atoms with van der Waals surface area (Å²) in [5.41, 5.74) is 12.6. The molecule has 2 heteroatoms. The summed E-state index contributed by atoms with van der Waals surface area (Å²) in [6.07, 6.45) is 0. The van der Waals surface area contributed by atoms with Crippen molar-refractivity contribution in [2.75, 3.05) is 4.90 Å². The Morgan fingerprint density at radius 3 is 1.61 bits per heavy atom. The summed E-state index contributed by atoms with van der Waals surface area (Å²) in [4.78, 5) is 2.42. The van der Waals surface area contributed by atoms with Crippen LogP contribution in [0.15, 0.2) is 180 Å². The van der Waals surface area contributed by atoms with Gasteiger partial charge in [-0.1, -0.05) is 133 Å². The molecule has 2 aliphatic rings. The van der Waals surface area contributed by atoms with Gasteiger partial charge in [0.1, 0.15) is 11.3 Å². The van der Waals surface area contributed by atoms with Crippen molar-refractivity contribution in [2.24, 2.45) is 0 Å². The maximum atomic E-state index is 6.74. The third-order valence-electron chi connectivity index (χ3n) is 10.8. The SMILES string of the molecule is c1ccc2c(c1)-c1ccc(N(c3ccc4ccccc4c3)c3ccc4ccccc4c3)cc1C21c2ccccc2-c2oc3ccccc3c21. The Morgan fingerprint density at radius 2 is 0.898 bits per heavy atom. The van der Waals surface area contributed by atoms with Crippen LogP contribution in [0.2, 0.25) is 0 Å². The second-order valence-electron chi connectivity index (χ2n) is 13.3. The summed E-state index contributed by atoms with van der Waals surface area (Å²) in [6, 6.07) is 64.3. The van der Waals surface area contributed by atoms with Crippen LogP contribution in [-0.2, 0) is 5.41 Å². The van der Waals surface area contributed by atoms with E-state index in [0.29, 0.717) is 0 Å². The van der Waals surface area contributed by atoms with E-state index in [2.05, 4.69) is 181 Å². The highest BCUT2D eigenvalue weighted by Crippen LogP contribution is 2.65. The van der Waals surface area contributed by atoms with Gasteiger partial charge in [0.15, 0.2) is 0 Å². The molecule has 1 heterocycles. The number of rotatable bonds is 3. The third kappa shape index (κ3) is 3.55. The predicted octanol–water partition coefficient (Wildman–Crippen LogP) is 12.6. The van der Waals surface area contributed by atoms with Crippen molar-refractivity contribution in [3.05, 3.63) is 198 Å². The lowest BCUT2D eigenvalue weighted by molar-refractivity contribution is 0.628. The van der Waals surface area contributed by atoms with Gasteiger partial charge >= 0.3 is 0 Å². The van der Waals surface area contributed by atoms with E-state index in [0.717, 1.165) is 28.4 Å². The van der Waals surface area contributed by atoms with Crippen LogP contribution in [0.25, 0.3) is 55.0 Å². The monoisotopic (exact) mass is 623 g/mol. The predicted molar refractivity (Wildman–Crippen MR) is 202 cm³/mol. The Morgan fingerprint density at radius 1 is 0.388 bits per heavy atom. The molecule has 2 nitrogen and oxygen atoms in total. The number of fused-ring (bicyclic) bond motifs is 14. The Hall–Kier alpha value is -6.38. The van der Waals surface area contributed by atoms with E-state index in [1.165, 1.54) is 65.9 Å². The Bertz CT molecular complexity index is 2730. The molecule has 2 aliphatic carbocycles. The summed E-state index contributed by atoms with van der Waals surface area (Å²) in [5.74, 6) is 0.978. The normalized spacial score (nSPS) is 15.4. The van der Waals surface area contributed by atoms with Crippen LogP contribution in [-0.4, -0.2) is 0 Å². The van der Waals surface area contributed by atoms with Gasteiger partial charge in [-0.25, -0.2) is 0 Å². The average molecular weight is 624 g/mol. The first-order valence-corrected chi connectivity index (χ1v) is 16.9. The molecule has 1 aromatic heterocycles. The molecule has 228 valence electrons. The zero-order valence-corrected chi connectivity index (χ0v) is 26.6. The largest absolute Gasteiger partial charge is 0.456 e. The summed E-state index contributed by atoms with van der Waals surface area (Å²) in [6.45, 7) is 0. The van der Waals surface area contributed by atoms with Crippen molar-refractivity contribution in [3.8, 4) is 22.5 Å². The molecule has 0 saturated heterocycles. The van der Waals surface area contributed by atoms with Crippen molar-refractivity contribution >= 4 is 49.6 Å². The average Bonchev–Trinajstić information content (AvgIpc) is 3.78. The first kappa shape index (κ1) is 26.7. The van der Waals surface area contributed by atoms with Crippen molar-refractivity contribution in [1.29, 1.82) is 0 Å². The number of hydrogen-bond acceptors (Lipinski definition) is 2. The van der Waals surface area contributed by atoms with Crippen LogP contribution in [0.3, 0.4) is 0 Å². The molecule has 9 aromatic rings. The van der Waals surface area contributed by atoms with E-state index in [9.17, 15) is 0 Å². The van der Waals surface area contributed by atoms with Gasteiger partial charge in [0.05, 0.1) is 5.41 Å². The van der Waals surface area contributed by atoms with Crippen LogP contribution in [0.5, 0.6) is 0 Å². The number of benzene rings is 8. The zero-order valence-electron chi connectivity index (χ0n) is 26.6. The fraction of sp³-hybridized carbons (Fsp3) is 0.0213. The van der Waals surface area contributed by atoms with Crippen molar-refractivity contribution in [2.45, 2.75) is 5.41 Å². The summed E-state index contributed by atoms with van der Waals surface area (Å²) in [5, 5.41) is 6.07. The van der Waals surface area contributed by atoms with Crippen molar-refractivity contribution in [1.82, 2.24) is 0 Å². The van der Waals surface area contributed by atoms with Crippen LogP contribution in [0, 0.1) is 0 Å². The van der Waals surface area contributed by atoms with E-state index in [4.69, 9.17) is 4.42 Å². The molecular formula is C47H29NO. The second-order valence-corrected chi connectivity index (χ2v) is 13.3. The standard InChI is InChI=1S/C47H29NO/c1-3-13-32-27-34(23-21-30(32)11-1)48(35-24-22-31-12-2-4-14-33(31)28-35)36-25-26-38-37-15-5-8-18-41(37)47(43(38)29-36)42-19-9-6-16-39(42)46-45(47)40-17-7-10-20-44(40)49-46/h1-29H. The summed E-state index contributed by atoms with van der Waals surface area (Å²) >= 11 is 0. The Labute approximate surface area is 284 Å². The van der Waals surface area contributed by atoms with Crippen LogP contribution in [0.1, 0.15) is 22.3 Å². The minimum atomic E-state index is -0.515.